The molecule has 3 atom stereocenters. The summed E-state index contributed by atoms with van der Waals surface area (Å²) in [5.74, 6) is -1.98. The third kappa shape index (κ3) is 7.69. The maximum Gasteiger partial charge on any atom is 0.257 e. The molecule has 1 aromatic carbocycles. The number of carbonyl (C=O) groups is 4. The van der Waals surface area contributed by atoms with E-state index < -0.39 is 23.8 Å². The number of hydrogen-bond donors (Lipinski definition) is 3. The summed E-state index contributed by atoms with van der Waals surface area (Å²) in [6, 6.07) is 3.36. The zero-order chi connectivity index (χ0) is 27.2. The lowest BCUT2D eigenvalue weighted by atomic mass is 9.96. The Morgan fingerprint density at radius 2 is 1.87 bits per heavy atom. The van der Waals surface area contributed by atoms with Crippen molar-refractivity contribution in [2.45, 2.75) is 64.5 Å². The van der Waals surface area contributed by atoms with E-state index in [0.717, 1.165) is 24.9 Å². The van der Waals surface area contributed by atoms with Crippen LogP contribution in [0.3, 0.4) is 0 Å². The van der Waals surface area contributed by atoms with Gasteiger partial charge >= 0.3 is 0 Å². The Morgan fingerprint density at radius 3 is 2.59 bits per heavy atom. The number of nitrogens with zero attached hydrogens (tertiary/aromatic N) is 2. The fourth-order valence-corrected chi connectivity index (χ4v) is 5.57. The highest BCUT2D eigenvalue weighted by atomic mass is 35.5. The lowest BCUT2D eigenvalue weighted by molar-refractivity contribution is -0.141. The standard InChI is InChI=1S/C28H40FN5O4.ClH/c1-18(2)23-16-33(27(37)20-7-4-11-30-15-20)17-25(35)31-12-3-6-19-9-10-22(29)21(14-19)28(38)34-13-5-8-24(34)26(36)32-23;/h9-10,14,18,20,23-24,30H,3-8,11-13,15-17H2,1-2H3,(H,31,35)(H,32,36);1H/t20-,23-,24-;/m0./s1. The van der Waals surface area contributed by atoms with E-state index in [2.05, 4.69) is 16.0 Å². The second kappa shape index (κ2) is 14.1. The first-order valence-electron chi connectivity index (χ1n) is 13.9. The van der Waals surface area contributed by atoms with Crippen LogP contribution in [-0.4, -0.2) is 84.8 Å². The molecule has 3 aliphatic heterocycles. The molecule has 1 aromatic rings. The van der Waals surface area contributed by atoms with Crippen molar-refractivity contribution in [3.63, 3.8) is 0 Å². The van der Waals surface area contributed by atoms with Gasteiger partial charge in [-0.2, -0.15) is 0 Å². The molecule has 0 spiro atoms. The molecule has 4 amide bonds. The van der Waals surface area contributed by atoms with Crippen molar-refractivity contribution in [1.29, 1.82) is 0 Å². The van der Waals surface area contributed by atoms with E-state index in [1.807, 2.05) is 13.8 Å². The monoisotopic (exact) mass is 565 g/mol. The number of fused-ring (bicyclic) bond motifs is 3. The third-order valence-electron chi connectivity index (χ3n) is 7.88. The highest BCUT2D eigenvalue weighted by Gasteiger charge is 2.37. The molecular formula is C28H41ClFN5O4. The van der Waals surface area contributed by atoms with Gasteiger partial charge in [0.1, 0.15) is 11.9 Å². The zero-order valence-electron chi connectivity index (χ0n) is 22.8. The summed E-state index contributed by atoms with van der Waals surface area (Å²) < 4.78 is 14.7. The molecule has 216 valence electrons. The molecule has 3 N–H and O–H groups in total. The van der Waals surface area contributed by atoms with E-state index >= 15 is 0 Å². The van der Waals surface area contributed by atoms with Crippen LogP contribution in [0.4, 0.5) is 4.39 Å². The minimum atomic E-state index is -0.711. The summed E-state index contributed by atoms with van der Waals surface area (Å²) in [4.78, 5) is 56.3. The van der Waals surface area contributed by atoms with E-state index in [1.54, 1.807) is 17.0 Å². The van der Waals surface area contributed by atoms with Gasteiger partial charge < -0.3 is 25.8 Å². The van der Waals surface area contributed by atoms with Gasteiger partial charge in [-0.25, -0.2) is 4.39 Å². The minimum Gasteiger partial charge on any atom is -0.355 e. The Bertz CT molecular complexity index is 1050. The van der Waals surface area contributed by atoms with Crippen LogP contribution in [0.25, 0.3) is 0 Å². The van der Waals surface area contributed by atoms with E-state index in [-0.39, 0.29) is 60.6 Å². The molecule has 0 aromatic heterocycles. The zero-order valence-corrected chi connectivity index (χ0v) is 23.7. The Balaban J connectivity index is 0.00000420. The average Bonchev–Trinajstić information content (AvgIpc) is 3.40. The predicted molar refractivity (Wildman–Crippen MR) is 148 cm³/mol. The van der Waals surface area contributed by atoms with Crippen LogP contribution in [0.1, 0.15) is 61.9 Å². The molecule has 11 heteroatoms. The molecule has 2 bridgehead atoms. The molecule has 0 aliphatic carbocycles. The van der Waals surface area contributed by atoms with Crippen LogP contribution in [0.2, 0.25) is 0 Å². The van der Waals surface area contributed by atoms with Gasteiger partial charge in [0.05, 0.1) is 18.0 Å². The van der Waals surface area contributed by atoms with E-state index in [0.29, 0.717) is 45.3 Å². The Morgan fingerprint density at radius 1 is 1.08 bits per heavy atom. The summed E-state index contributed by atoms with van der Waals surface area (Å²) in [5, 5.41) is 9.22. The number of piperidine rings is 1. The highest BCUT2D eigenvalue weighted by Crippen LogP contribution is 2.24. The van der Waals surface area contributed by atoms with Gasteiger partial charge in [0.25, 0.3) is 5.91 Å². The molecule has 3 aliphatic rings. The van der Waals surface area contributed by atoms with E-state index in [1.165, 1.54) is 11.0 Å². The van der Waals surface area contributed by atoms with Crippen LogP contribution in [0, 0.1) is 17.7 Å². The Labute approximate surface area is 236 Å². The lowest BCUT2D eigenvalue weighted by Crippen LogP contribution is -2.56. The van der Waals surface area contributed by atoms with Crippen LogP contribution < -0.4 is 16.0 Å². The summed E-state index contributed by atoms with van der Waals surface area (Å²) in [6.07, 6.45) is 3.95. The first-order valence-corrected chi connectivity index (χ1v) is 13.9. The molecule has 3 heterocycles. The highest BCUT2D eigenvalue weighted by molar-refractivity contribution is 5.98. The maximum absolute atomic E-state index is 14.7. The first-order chi connectivity index (χ1) is 18.2. The molecule has 9 nitrogen and oxygen atoms in total. The minimum absolute atomic E-state index is 0. The smallest absolute Gasteiger partial charge is 0.257 e. The summed E-state index contributed by atoms with van der Waals surface area (Å²) in [7, 11) is 0. The second-order valence-corrected chi connectivity index (χ2v) is 11.0. The van der Waals surface area contributed by atoms with Crippen LogP contribution >= 0.6 is 12.4 Å². The summed E-state index contributed by atoms with van der Waals surface area (Å²) >= 11 is 0. The number of benzene rings is 1. The third-order valence-corrected chi connectivity index (χ3v) is 7.88. The fraction of sp³-hybridized carbons (Fsp3) is 0.643. The molecule has 2 saturated heterocycles. The molecular weight excluding hydrogens is 525 g/mol. The topological polar surface area (TPSA) is 111 Å². The largest absolute Gasteiger partial charge is 0.355 e. The van der Waals surface area contributed by atoms with Crippen LogP contribution in [0.5, 0.6) is 0 Å². The molecule has 0 radical (unpaired) electrons. The number of hydrogen-bond acceptors (Lipinski definition) is 5. The van der Waals surface area contributed by atoms with Crippen molar-refractivity contribution >= 4 is 36.0 Å². The van der Waals surface area contributed by atoms with Gasteiger partial charge in [0, 0.05) is 32.2 Å². The van der Waals surface area contributed by atoms with E-state index in [9.17, 15) is 23.6 Å². The summed E-state index contributed by atoms with van der Waals surface area (Å²) in [5.41, 5.74) is 0.754. The molecule has 2 fully saturated rings. The van der Waals surface area contributed by atoms with Crippen molar-refractivity contribution in [3.8, 4) is 0 Å². The van der Waals surface area contributed by atoms with Gasteiger partial charge in [0.15, 0.2) is 0 Å². The lowest BCUT2D eigenvalue weighted by Gasteiger charge is -2.34. The van der Waals surface area contributed by atoms with Crippen molar-refractivity contribution in [2.75, 3.05) is 39.3 Å². The van der Waals surface area contributed by atoms with Crippen molar-refractivity contribution in [1.82, 2.24) is 25.8 Å². The quantitative estimate of drug-likeness (QED) is 0.507. The SMILES string of the molecule is CC(C)[C@@H]1CN(C(=O)[C@H]2CCCNC2)CC(=O)NCCCc2ccc(F)c(c2)C(=O)N2CCC[C@H]2C(=O)N1.Cl. The number of halogens is 2. The first kappa shape index (κ1) is 30.8. The molecule has 4 rings (SSSR count). The Hall–Kier alpha value is -2.72. The maximum atomic E-state index is 14.7. The van der Waals surface area contributed by atoms with Gasteiger partial charge in [-0.15, -0.1) is 12.4 Å². The van der Waals surface area contributed by atoms with Crippen molar-refractivity contribution < 1.29 is 23.6 Å². The normalized spacial score (nSPS) is 25.3. The molecule has 39 heavy (non-hydrogen) atoms. The van der Waals surface area contributed by atoms with Gasteiger partial charge in [-0.3, -0.25) is 19.2 Å². The molecule has 0 unspecified atom stereocenters. The number of nitrogens with one attached hydrogen (secondary N) is 3. The number of aryl methyl sites for hydroxylation is 1. The van der Waals surface area contributed by atoms with E-state index in [4.69, 9.17) is 0 Å². The number of carbonyl (C=O) groups excluding carboxylic acids is 4. The second-order valence-electron chi connectivity index (χ2n) is 11.0. The van der Waals surface area contributed by atoms with Crippen molar-refractivity contribution in [3.05, 3.63) is 35.1 Å². The predicted octanol–water partition coefficient (Wildman–Crippen LogP) is 1.88. The Kier molecular flexibility index (Phi) is 11.1. The fourth-order valence-electron chi connectivity index (χ4n) is 5.57. The van der Waals surface area contributed by atoms with Gasteiger partial charge in [-0.1, -0.05) is 19.9 Å². The van der Waals surface area contributed by atoms with Gasteiger partial charge in [0.2, 0.25) is 17.7 Å². The average molecular weight is 566 g/mol. The van der Waals surface area contributed by atoms with Crippen LogP contribution in [-0.2, 0) is 20.8 Å². The number of rotatable bonds is 2. The number of amides is 4. The molecule has 0 saturated carbocycles. The summed E-state index contributed by atoms with van der Waals surface area (Å²) in [6.45, 7) is 6.25. The van der Waals surface area contributed by atoms with Crippen molar-refractivity contribution in [2.24, 2.45) is 11.8 Å². The van der Waals surface area contributed by atoms with Crippen LogP contribution in [0.15, 0.2) is 18.2 Å². The van der Waals surface area contributed by atoms with Gasteiger partial charge in [-0.05, 0) is 68.7 Å².